The molecule has 1 aromatic carbocycles. The van der Waals surface area contributed by atoms with Crippen LogP contribution in [0, 0.1) is 5.92 Å². The predicted octanol–water partition coefficient (Wildman–Crippen LogP) is 0.839. The van der Waals surface area contributed by atoms with Gasteiger partial charge in [0, 0.05) is 26.2 Å². The molecule has 1 atom stereocenters. The highest BCUT2D eigenvalue weighted by Gasteiger charge is 2.18. The van der Waals surface area contributed by atoms with Crippen molar-refractivity contribution >= 4 is 17.8 Å². The number of carboxylic acids is 1. The Morgan fingerprint density at radius 1 is 1.20 bits per heavy atom. The minimum atomic E-state index is -1.04. The number of aromatic carboxylic acids is 1. The molecule has 1 unspecified atom stereocenters. The summed E-state index contributed by atoms with van der Waals surface area (Å²) in [6.07, 6.45) is 0. The van der Waals surface area contributed by atoms with E-state index in [0.29, 0.717) is 12.1 Å². The Labute approximate surface area is 117 Å². The van der Waals surface area contributed by atoms with Gasteiger partial charge in [-0.1, -0.05) is 6.92 Å². The number of carboxylic acid groups (broad SMARTS) is 1. The summed E-state index contributed by atoms with van der Waals surface area (Å²) in [4.78, 5) is 35.7. The van der Waals surface area contributed by atoms with Gasteiger partial charge in [0.1, 0.15) is 0 Å². The SMILES string of the molecule is CNC(=O)C(C)CN(C)C(=O)c1ccc(C(=O)O)cc1. The molecule has 108 valence electrons. The second kappa shape index (κ2) is 6.70. The zero-order valence-corrected chi connectivity index (χ0v) is 11.7. The van der Waals surface area contributed by atoms with Gasteiger partial charge in [-0.3, -0.25) is 9.59 Å². The Balaban J connectivity index is 2.74. The van der Waals surface area contributed by atoms with E-state index in [0.717, 1.165) is 0 Å². The van der Waals surface area contributed by atoms with Crippen LogP contribution >= 0.6 is 0 Å². The van der Waals surface area contributed by atoms with Crippen LogP contribution in [0.3, 0.4) is 0 Å². The van der Waals surface area contributed by atoms with Crippen molar-refractivity contribution in [2.75, 3.05) is 20.6 Å². The molecule has 0 spiro atoms. The van der Waals surface area contributed by atoms with Gasteiger partial charge in [0.2, 0.25) is 5.91 Å². The van der Waals surface area contributed by atoms with Gasteiger partial charge in [0.25, 0.3) is 5.91 Å². The number of benzene rings is 1. The average Bonchev–Trinajstić information content (AvgIpc) is 2.45. The molecule has 1 rings (SSSR count). The van der Waals surface area contributed by atoms with Gasteiger partial charge in [-0.05, 0) is 24.3 Å². The van der Waals surface area contributed by atoms with Crippen molar-refractivity contribution < 1.29 is 19.5 Å². The summed E-state index contributed by atoms with van der Waals surface area (Å²) in [5.74, 6) is -1.73. The van der Waals surface area contributed by atoms with Crippen LogP contribution in [0.1, 0.15) is 27.6 Å². The maximum atomic E-state index is 12.1. The van der Waals surface area contributed by atoms with Crippen LogP contribution in [0.5, 0.6) is 0 Å². The van der Waals surface area contributed by atoms with Crippen LogP contribution < -0.4 is 5.32 Å². The quantitative estimate of drug-likeness (QED) is 0.835. The fraction of sp³-hybridized carbons (Fsp3) is 0.357. The monoisotopic (exact) mass is 278 g/mol. The minimum Gasteiger partial charge on any atom is -0.478 e. The molecular formula is C14H18N2O4. The molecule has 0 radical (unpaired) electrons. The van der Waals surface area contributed by atoms with Crippen molar-refractivity contribution in [1.29, 1.82) is 0 Å². The highest BCUT2D eigenvalue weighted by atomic mass is 16.4. The fourth-order valence-electron chi connectivity index (χ4n) is 1.80. The number of nitrogens with one attached hydrogen (secondary N) is 1. The van der Waals surface area contributed by atoms with E-state index < -0.39 is 5.97 Å². The molecule has 0 aliphatic carbocycles. The lowest BCUT2D eigenvalue weighted by molar-refractivity contribution is -0.124. The Hall–Kier alpha value is -2.37. The van der Waals surface area contributed by atoms with E-state index in [1.165, 1.54) is 29.2 Å². The van der Waals surface area contributed by atoms with Crippen LogP contribution in [-0.4, -0.2) is 48.4 Å². The van der Waals surface area contributed by atoms with Crippen molar-refractivity contribution in [3.8, 4) is 0 Å². The summed E-state index contributed by atoms with van der Waals surface area (Å²) in [7, 11) is 3.15. The van der Waals surface area contributed by atoms with Crippen LogP contribution in [0.15, 0.2) is 24.3 Å². The average molecular weight is 278 g/mol. The Bertz CT molecular complexity index is 510. The van der Waals surface area contributed by atoms with Gasteiger partial charge in [0.15, 0.2) is 0 Å². The van der Waals surface area contributed by atoms with E-state index in [1.807, 2.05) is 0 Å². The molecule has 0 aliphatic rings. The number of rotatable bonds is 5. The molecule has 2 N–H and O–H groups in total. The Morgan fingerprint density at radius 2 is 1.70 bits per heavy atom. The minimum absolute atomic E-state index is 0.128. The first-order valence-corrected chi connectivity index (χ1v) is 6.17. The molecule has 0 aromatic heterocycles. The summed E-state index contributed by atoms with van der Waals surface area (Å²) >= 11 is 0. The number of carbonyl (C=O) groups excluding carboxylic acids is 2. The smallest absolute Gasteiger partial charge is 0.335 e. The Kier molecular flexibility index (Phi) is 5.25. The van der Waals surface area contributed by atoms with Crippen LogP contribution in [0.2, 0.25) is 0 Å². The third-order valence-corrected chi connectivity index (χ3v) is 2.97. The molecule has 1 aromatic rings. The van der Waals surface area contributed by atoms with Crippen LogP contribution in [0.4, 0.5) is 0 Å². The van der Waals surface area contributed by atoms with E-state index in [2.05, 4.69) is 5.32 Å². The van der Waals surface area contributed by atoms with Crippen LogP contribution in [-0.2, 0) is 4.79 Å². The van der Waals surface area contributed by atoms with Crippen molar-refractivity contribution in [3.63, 3.8) is 0 Å². The predicted molar refractivity (Wildman–Crippen MR) is 73.6 cm³/mol. The molecule has 6 nitrogen and oxygen atoms in total. The van der Waals surface area contributed by atoms with Crippen molar-refractivity contribution in [2.45, 2.75) is 6.92 Å². The van der Waals surface area contributed by atoms with E-state index in [-0.39, 0.29) is 23.3 Å². The first-order valence-electron chi connectivity index (χ1n) is 6.17. The molecule has 0 bridgehead atoms. The first kappa shape index (κ1) is 15.7. The van der Waals surface area contributed by atoms with Gasteiger partial charge in [0.05, 0.1) is 11.5 Å². The molecule has 0 fully saturated rings. The van der Waals surface area contributed by atoms with Crippen molar-refractivity contribution in [3.05, 3.63) is 35.4 Å². The molecule has 2 amide bonds. The standard InChI is InChI=1S/C14H18N2O4/c1-9(12(17)15-2)8-16(3)13(18)10-4-6-11(7-5-10)14(19)20/h4-7,9H,8H2,1-3H3,(H,15,17)(H,19,20). The van der Waals surface area contributed by atoms with Gasteiger partial charge < -0.3 is 15.3 Å². The third-order valence-electron chi connectivity index (χ3n) is 2.97. The summed E-state index contributed by atoms with van der Waals surface area (Å²) < 4.78 is 0. The van der Waals surface area contributed by atoms with Gasteiger partial charge >= 0.3 is 5.97 Å². The highest BCUT2D eigenvalue weighted by Crippen LogP contribution is 2.09. The number of hydrogen-bond acceptors (Lipinski definition) is 3. The highest BCUT2D eigenvalue weighted by molar-refractivity contribution is 5.96. The molecule has 0 aliphatic heterocycles. The van der Waals surface area contributed by atoms with Crippen molar-refractivity contribution in [2.24, 2.45) is 5.92 Å². The van der Waals surface area contributed by atoms with E-state index in [4.69, 9.17) is 5.11 Å². The summed E-state index contributed by atoms with van der Waals surface area (Å²) in [5, 5.41) is 11.3. The second-order valence-electron chi connectivity index (χ2n) is 4.58. The summed E-state index contributed by atoms with van der Waals surface area (Å²) in [5.41, 5.74) is 0.518. The topological polar surface area (TPSA) is 86.7 Å². The number of nitrogens with zero attached hydrogens (tertiary/aromatic N) is 1. The van der Waals surface area contributed by atoms with Gasteiger partial charge in [-0.15, -0.1) is 0 Å². The molecular weight excluding hydrogens is 260 g/mol. The summed E-state index contributed by atoms with van der Waals surface area (Å²) in [6.45, 7) is 2.02. The lowest BCUT2D eigenvalue weighted by Gasteiger charge is -2.20. The summed E-state index contributed by atoms with van der Waals surface area (Å²) in [6, 6.07) is 5.69. The number of hydrogen-bond donors (Lipinski definition) is 2. The number of carbonyl (C=O) groups is 3. The van der Waals surface area contributed by atoms with E-state index in [1.54, 1.807) is 21.0 Å². The van der Waals surface area contributed by atoms with Crippen molar-refractivity contribution in [1.82, 2.24) is 10.2 Å². The first-order chi connectivity index (χ1) is 9.36. The maximum absolute atomic E-state index is 12.1. The van der Waals surface area contributed by atoms with Gasteiger partial charge in [-0.2, -0.15) is 0 Å². The fourth-order valence-corrected chi connectivity index (χ4v) is 1.80. The second-order valence-corrected chi connectivity index (χ2v) is 4.58. The normalized spacial score (nSPS) is 11.6. The zero-order chi connectivity index (χ0) is 15.3. The molecule has 0 heterocycles. The third kappa shape index (κ3) is 3.81. The molecule has 0 saturated heterocycles. The number of amides is 2. The lowest BCUT2D eigenvalue weighted by Crippen LogP contribution is -2.37. The van der Waals surface area contributed by atoms with Crippen LogP contribution in [0.25, 0.3) is 0 Å². The Morgan fingerprint density at radius 3 is 2.15 bits per heavy atom. The van der Waals surface area contributed by atoms with E-state index in [9.17, 15) is 14.4 Å². The molecule has 20 heavy (non-hydrogen) atoms. The molecule has 0 saturated carbocycles. The molecule has 6 heteroatoms. The van der Waals surface area contributed by atoms with E-state index >= 15 is 0 Å². The lowest BCUT2D eigenvalue weighted by atomic mass is 10.1. The maximum Gasteiger partial charge on any atom is 0.335 e. The zero-order valence-electron chi connectivity index (χ0n) is 11.7. The van der Waals surface area contributed by atoms with Gasteiger partial charge in [-0.25, -0.2) is 4.79 Å². The largest absolute Gasteiger partial charge is 0.478 e.